The van der Waals surface area contributed by atoms with E-state index in [2.05, 4.69) is 16.9 Å². The maximum Gasteiger partial charge on any atom is 0.421 e. The molecule has 180 valence electrons. The number of hydrogen-bond donors (Lipinski definition) is 0. The van der Waals surface area contributed by atoms with Gasteiger partial charge < -0.3 is 4.74 Å². The number of nitro benzene ring substituents is 1. The van der Waals surface area contributed by atoms with Gasteiger partial charge in [0.1, 0.15) is 6.61 Å². The van der Waals surface area contributed by atoms with Crippen molar-refractivity contribution >= 4 is 45.4 Å². The maximum atomic E-state index is 13.4. The first-order valence-corrected chi connectivity index (χ1v) is 13.0. The average molecular weight is 511 g/mol. The molecule has 0 saturated heterocycles. The third kappa shape index (κ3) is 5.41. The van der Waals surface area contributed by atoms with Gasteiger partial charge in [-0.2, -0.15) is 0 Å². The Morgan fingerprint density at radius 3 is 2.63 bits per heavy atom. The molecule has 1 atom stereocenters. The molecular weight excluding hydrogens is 488 g/mol. The van der Waals surface area contributed by atoms with E-state index in [0.29, 0.717) is 22.3 Å². The van der Waals surface area contributed by atoms with Crippen LogP contribution in [0.5, 0.6) is 0 Å². The van der Waals surface area contributed by atoms with Gasteiger partial charge in [-0.1, -0.05) is 19.1 Å². The van der Waals surface area contributed by atoms with E-state index in [1.807, 2.05) is 13.0 Å². The quantitative estimate of drug-likeness (QED) is 0.179. The van der Waals surface area contributed by atoms with E-state index in [1.54, 1.807) is 42.2 Å². The van der Waals surface area contributed by atoms with Gasteiger partial charge in [0.25, 0.3) is 5.69 Å². The molecule has 0 fully saturated rings. The van der Waals surface area contributed by atoms with Gasteiger partial charge in [-0.05, 0) is 54.1 Å². The number of non-ortho nitro benzene ring substituents is 1. The van der Waals surface area contributed by atoms with E-state index in [1.165, 1.54) is 28.8 Å². The molecule has 1 unspecified atom stereocenters. The molecule has 4 aromatic rings. The number of carbonyl (C=O) groups is 1. The zero-order valence-electron chi connectivity index (χ0n) is 19.0. The van der Waals surface area contributed by atoms with Crippen LogP contribution in [0.3, 0.4) is 0 Å². The molecule has 0 bridgehead atoms. The Morgan fingerprint density at radius 1 is 1.17 bits per heavy atom. The highest BCUT2D eigenvalue weighted by Crippen LogP contribution is 2.26. The fourth-order valence-electron chi connectivity index (χ4n) is 3.46. The van der Waals surface area contributed by atoms with E-state index in [9.17, 15) is 19.1 Å². The van der Waals surface area contributed by atoms with Crippen LogP contribution in [0.2, 0.25) is 0 Å². The highest BCUT2D eigenvalue weighted by molar-refractivity contribution is 7.99. The minimum atomic E-state index is -1.67. The molecule has 2 aromatic heterocycles. The molecule has 4 rings (SSSR count). The number of ether oxygens (including phenoxy) is 1. The van der Waals surface area contributed by atoms with Crippen LogP contribution in [0.4, 0.5) is 10.5 Å². The molecule has 0 aliphatic heterocycles. The van der Waals surface area contributed by atoms with E-state index >= 15 is 0 Å². The molecule has 0 saturated carbocycles. The van der Waals surface area contributed by atoms with Crippen LogP contribution < -0.4 is 0 Å². The summed E-state index contributed by atoms with van der Waals surface area (Å²) in [6.07, 6.45) is 0.958. The highest BCUT2D eigenvalue weighted by Gasteiger charge is 2.23. The smallest absolute Gasteiger partial charge is 0.421 e. The van der Waals surface area contributed by atoms with Gasteiger partial charge in [0.15, 0.2) is 0 Å². The van der Waals surface area contributed by atoms with E-state index in [-0.39, 0.29) is 23.2 Å². The van der Waals surface area contributed by atoms with Gasteiger partial charge in [0.05, 0.1) is 38.2 Å². The summed E-state index contributed by atoms with van der Waals surface area (Å²) >= 11 is 1.69. The number of imidazole rings is 1. The van der Waals surface area contributed by atoms with Crippen LogP contribution in [-0.4, -0.2) is 35.5 Å². The predicted molar refractivity (Wildman–Crippen MR) is 134 cm³/mol. The predicted octanol–water partition coefficient (Wildman–Crippen LogP) is 5.25. The van der Waals surface area contributed by atoms with Crippen molar-refractivity contribution in [2.45, 2.75) is 36.3 Å². The van der Waals surface area contributed by atoms with Crippen LogP contribution in [0.1, 0.15) is 23.7 Å². The SMILES string of the molecule is CCSc1ccnc(CS(=O)c2nc3ccccc3n2C(=O)OCc2ccc([N+](=O)[O-])cc2)c1C. The van der Waals surface area contributed by atoms with Gasteiger partial charge in [-0.3, -0.25) is 19.3 Å². The minimum absolute atomic E-state index is 0.0522. The summed E-state index contributed by atoms with van der Waals surface area (Å²) in [6.45, 7) is 3.90. The lowest BCUT2D eigenvalue weighted by Gasteiger charge is -2.11. The van der Waals surface area contributed by atoms with E-state index < -0.39 is 21.8 Å². The van der Waals surface area contributed by atoms with Crippen molar-refractivity contribution in [3.63, 3.8) is 0 Å². The zero-order valence-corrected chi connectivity index (χ0v) is 20.7. The van der Waals surface area contributed by atoms with Crippen molar-refractivity contribution in [2.24, 2.45) is 0 Å². The molecule has 11 heteroatoms. The molecule has 2 aromatic carbocycles. The molecule has 2 heterocycles. The number of aromatic nitrogens is 3. The second kappa shape index (κ2) is 10.8. The third-order valence-corrected chi connectivity index (χ3v) is 7.51. The molecule has 0 aliphatic carbocycles. The summed E-state index contributed by atoms with van der Waals surface area (Å²) in [5, 5.41) is 10.9. The van der Waals surface area contributed by atoms with Crippen LogP contribution >= 0.6 is 11.8 Å². The minimum Gasteiger partial charge on any atom is -0.444 e. The lowest BCUT2D eigenvalue weighted by molar-refractivity contribution is -0.384. The number of nitro groups is 1. The number of carbonyl (C=O) groups excluding carboxylic acids is 1. The van der Waals surface area contributed by atoms with Gasteiger partial charge in [0, 0.05) is 23.2 Å². The monoisotopic (exact) mass is 510 g/mol. The first kappa shape index (κ1) is 24.6. The number of fused-ring (bicyclic) bond motifs is 1. The Balaban J connectivity index is 1.60. The zero-order chi connectivity index (χ0) is 24.9. The second-order valence-electron chi connectivity index (χ2n) is 7.50. The van der Waals surface area contributed by atoms with E-state index in [4.69, 9.17) is 4.74 Å². The fourth-order valence-corrected chi connectivity index (χ4v) is 5.51. The first-order chi connectivity index (χ1) is 16.9. The summed E-state index contributed by atoms with van der Waals surface area (Å²) in [4.78, 5) is 33.4. The van der Waals surface area contributed by atoms with Crippen molar-refractivity contribution in [3.05, 3.63) is 87.7 Å². The molecule has 0 aliphatic rings. The molecular formula is C24H22N4O5S2. The number of para-hydroxylation sites is 2. The number of nitrogens with zero attached hydrogens (tertiary/aromatic N) is 4. The number of thioether (sulfide) groups is 1. The summed E-state index contributed by atoms with van der Waals surface area (Å²) < 4.78 is 20.1. The Morgan fingerprint density at radius 2 is 1.91 bits per heavy atom. The normalized spacial score (nSPS) is 11.9. The van der Waals surface area contributed by atoms with E-state index in [0.717, 1.165) is 16.2 Å². The lowest BCUT2D eigenvalue weighted by atomic mass is 10.2. The van der Waals surface area contributed by atoms with Gasteiger partial charge in [0.2, 0.25) is 5.16 Å². The van der Waals surface area contributed by atoms with Crippen LogP contribution in [0.25, 0.3) is 11.0 Å². The maximum absolute atomic E-state index is 13.4. The topological polar surface area (TPSA) is 117 Å². The number of rotatable bonds is 8. The Labute approximate surface area is 208 Å². The molecule has 0 amide bonds. The summed E-state index contributed by atoms with van der Waals surface area (Å²) in [5.74, 6) is 1.01. The standard InChI is InChI=1S/C24H22N4O5S2/c1-3-34-22-12-13-25-20(16(22)2)15-35(32)23-26-19-6-4-5-7-21(19)27(23)24(29)33-14-17-8-10-18(11-9-17)28(30)31/h4-13H,3,14-15H2,1-2H3. The number of benzene rings is 2. The van der Waals surface area contributed by atoms with Crippen LogP contribution in [0.15, 0.2) is 70.8 Å². The summed E-state index contributed by atoms with van der Waals surface area (Å²) in [5.41, 5.74) is 3.16. The molecule has 0 radical (unpaired) electrons. The van der Waals surface area contributed by atoms with Gasteiger partial charge in [-0.15, -0.1) is 11.8 Å². The van der Waals surface area contributed by atoms with Crippen molar-refractivity contribution in [3.8, 4) is 0 Å². The summed E-state index contributed by atoms with van der Waals surface area (Å²) in [7, 11) is -1.67. The largest absolute Gasteiger partial charge is 0.444 e. The Bertz CT molecular complexity index is 1420. The lowest BCUT2D eigenvalue weighted by Crippen LogP contribution is -2.18. The van der Waals surface area contributed by atoms with Crippen LogP contribution in [0, 0.1) is 17.0 Å². The first-order valence-electron chi connectivity index (χ1n) is 10.7. The van der Waals surface area contributed by atoms with Gasteiger partial charge in [-0.25, -0.2) is 14.3 Å². The molecule has 0 spiro atoms. The molecule has 35 heavy (non-hydrogen) atoms. The van der Waals surface area contributed by atoms with Crippen molar-refractivity contribution in [2.75, 3.05) is 5.75 Å². The Kier molecular flexibility index (Phi) is 7.57. The fraction of sp³-hybridized carbons (Fsp3) is 0.208. The van der Waals surface area contributed by atoms with Crippen molar-refractivity contribution < 1.29 is 18.7 Å². The third-order valence-electron chi connectivity index (χ3n) is 5.25. The Hall–Kier alpha value is -3.57. The average Bonchev–Trinajstić information content (AvgIpc) is 3.25. The van der Waals surface area contributed by atoms with Crippen molar-refractivity contribution in [1.82, 2.24) is 14.5 Å². The summed E-state index contributed by atoms with van der Waals surface area (Å²) in [6, 6.07) is 14.6. The highest BCUT2D eigenvalue weighted by atomic mass is 32.2. The number of pyridine rings is 1. The number of hydrogen-bond acceptors (Lipinski definition) is 8. The van der Waals surface area contributed by atoms with Gasteiger partial charge >= 0.3 is 6.09 Å². The van der Waals surface area contributed by atoms with Crippen molar-refractivity contribution in [1.29, 1.82) is 0 Å². The molecule has 9 nitrogen and oxygen atoms in total. The second-order valence-corrected chi connectivity index (χ2v) is 10.2. The van der Waals surface area contributed by atoms with Crippen LogP contribution in [-0.2, 0) is 27.9 Å². The molecule has 0 N–H and O–H groups in total.